The van der Waals surface area contributed by atoms with E-state index in [1.807, 2.05) is 48.8 Å². The monoisotopic (exact) mass is 1400 g/mol. The van der Waals surface area contributed by atoms with Crippen LogP contribution in [0.4, 0.5) is 68.2 Å². The molecule has 20 rings (SSSR count). The van der Waals surface area contributed by atoms with Crippen LogP contribution in [0.3, 0.4) is 0 Å². The van der Waals surface area contributed by atoms with E-state index >= 15 is 0 Å². The first kappa shape index (κ1) is 65.8. The topological polar surface area (TPSA) is 116 Å². The molecule has 6 heterocycles. The van der Waals surface area contributed by atoms with Crippen molar-refractivity contribution in [1.29, 1.82) is 0 Å². The summed E-state index contributed by atoms with van der Waals surface area (Å²) in [5.41, 5.74) is 24.4. The molecule has 2 aliphatic heterocycles. The van der Waals surface area contributed by atoms with E-state index < -0.39 is 0 Å². The summed E-state index contributed by atoms with van der Waals surface area (Å²) in [5, 5.41) is 42.6. The molecule has 0 spiro atoms. The Labute approximate surface area is 625 Å². The lowest BCUT2D eigenvalue weighted by Crippen LogP contribution is -2.63. The molecule has 10 aromatic carbocycles. The Morgan fingerprint density at radius 2 is 0.623 bits per heavy atom. The lowest BCUT2D eigenvalue weighted by molar-refractivity contribution is 0.443. The molecule has 12 nitrogen and oxygen atoms in total. The SMILES string of the molecule is Clc1c(N(c2ccc(C3CCCCC3)cc2)c2cnnc3ccccc23)cccc1N(c1ccc(C2CCCCC2)cc1)c1cnnc2ccccc12.c1cc2c3c(c1)N(c1ccc(C4CCCCC4)cc1)c1c(nnc4ccccc14)B3c1nnc3ccccc3c1N2c1ccc(C2CCCCC2)cc1. The predicted octanol–water partition coefficient (Wildman–Crippen LogP) is 23.0. The molecule has 0 amide bonds. The zero-order chi connectivity index (χ0) is 70.4. The highest BCUT2D eigenvalue weighted by Crippen LogP contribution is 2.52. The van der Waals surface area contributed by atoms with Gasteiger partial charge >= 0.3 is 6.71 Å². The predicted molar refractivity (Wildman–Crippen MR) is 437 cm³/mol. The van der Waals surface area contributed by atoms with Gasteiger partial charge < -0.3 is 19.6 Å². The number of benzene rings is 10. The smallest absolute Gasteiger partial charge is 0.303 e. The average molecular weight is 1400 g/mol. The average Bonchev–Trinajstić information content (AvgIpc) is 0.690. The molecule has 0 bridgehead atoms. The molecular weight excluding hydrogens is 1320 g/mol. The largest absolute Gasteiger partial charge is 0.309 e. The van der Waals surface area contributed by atoms with Crippen molar-refractivity contribution < 1.29 is 0 Å². The van der Waals surface area contributed by atoms with E-state index in [0.29, 0.717) is 28.7 Å². The first-order valence-electron chi connectivity index (χ1n) is 39.0. The van der Waals surface area contributed by atoms with E-state index in [1.165, 1.54) is 156 Å². The third-order valence-corrected chi connectivity index (χ3v) is 24.4. The van der Waals surface area contributed by atoms with Gasteiger partial charge in [0.25, 0.3) is 0 Å². The number of hydrogen-bond donors (Lipinski definition) is 0. The molecule has 106 heavy (non-hydrogen) atoms. The summed E-state index contributed by atoms with van der Waals surface area (Å²) in [7, 11) is 0. The number of fused-ring (bicyclic) bond motifs is 10. The van der Waals surface area contributed by atoms with Gasteiger partial charge in [0.05, 0.1) is 84.8 Å². The number of rotatable bonds is 12. The van der Waals surface area contributed by atoms with Crippen LogP contribution in [0, 0.1) is 0 Å². The van der Waals surface area contributed by atoms with Crippen molar-refractivity contribution in [2.24, 2.45) is 0 Å². The van der Waals surface area contributed by atoms with Crippen molar-refractivity contribution in [3.8, 4) is 0 Å². The van der Waals surface area contributed by atoms with E-state index in [0.717, 1.165) is 123 Å². The minimum Gasteiger partial charge on any atom is -0.309 e. The molecule has 0 unspecified atom stereocenters. The van der Waals surface area contributed by atoms with Gasteiger partial charge in [0, 0.05) is 55.7 Å². The molecule has 4 aliphatic carbocycles. The van der Waals surface area contributed by atoms with Crippen LogP contribution in [0.2, 0.25) is 5.02 Å². The molecule has 4 saturated carbocycles. The van der Waals surface area contributed by atoms with Crippen LogP contribution in [-0.2, 0) is 0 Å². The molecule has 0 saturated heterocycles. The van der Waals surface area contributed by atoms with Gasteiger partial charge in [-0.1, -0.05) is 222 Å². The minimum absolute atomic E-state index is 0.240. The van der Waals surface area contributed by atoms with Crippen LogP contribution in [0.5, 0.6) is 0 Å². The number of nitrogens with zero attached hydrogens (tertiary/aromatic N) is 12. The molecule has 14 aromatic rings. The summed E-state index contributed by atoms with van der Waals surface area (Å²) in [6.07, 6.45) is 29.8. The van der Waals surface area contributed by atoms with E-state index in [4.69, 9.17) is 32.0 Å². The minimum atomic E-state index is -0.240. The van der Waals surface area contributed by atoms with Gasteiger partial charge in [-0.2, -0.15) is 40.8 Å². The van der Waals surface area contributed by atoms with Gasteiger partial charge in [0.1, 0.15) is 0 Å². The van der Waals surface area contributed by atoms with Crippen molar-refractivity contribution in [2.45, 2.75) is 152 Å². The Kier molecular flexibility index (Phi) is 17.9. The summed E-state index contributed by atoms with van der Waals surface area (Å²) >= 11 is 7.75. The second-order valence-electron chi connectivity index (χ2n) is 30.2. The van der Waals surface area contributed by atoms with Crippen molar-refractivity contribution in [2.75, 3.05) is 19.6 Å². The Morgan fingerprint density at radius 1 is 0.302 bits per heavy atom. The summed E-state index contributed by atoms with van der Waals surface area (Å²) < 4.78 is 0. The van der Waals surface area contributed by atoms with Gasteiger partial charge in [-0.25, -0.2) is 0 Å². The highest BCUT2D eigenvalue weighted by Gasteiger charge is 2.47. The van der Waals surface area contributed by atoms with Crippen LogP contribution >= 0.6 is 11.6 Å². The lowest BCUT2D eigenvalue weighted by Gasteiger charge is -2.43. The highest BCUT2D eigenvalue weighted by atomic mass is 35.5. The number of halogens is 1. The van der Waals surface area contributed by atoms with E-state index in [2.05, 4.69) is 234 Å². The fourth-order valence-electron chi connectivity index (χ4n) is 18.7. The van der Waals surface area contributed by atoms with Gasteiger partial charge in [-0.05, 0) is 200 Å². The Hall–Kier alpha value is -10.9. The highest BCUT2D eigenvalue weighted by molar-refractivity contribution is 6.99. The first-order chi connectivity index (χ1) is 52.5. The molecule has 14 heteroatoms. The second kappa shape index (κ2) is 28.9. The van der Waals surface area contributed by atoms with Crippen molar-refractivity contribution in [3.05, 3.63) is 270 Å². The Morgan fingerprint density at radius 3 is 0.991 bits per heavy atom. The maximum atomic E-state index is 7.75. The van der Waals surface area contributed by atoms with Crippen LogP contribution in [-0.4, -0.2) is 47.5 Å². The maximum absolute atomic E-state index is 7.75. The molecule has 0 atom stereocenters. The van der Waals surface area contributed by atoms with Crippen LogP contribution < -0.4 is 36.2 Å². The zero-order valence-electron chi connectivity index (χ0n) is 59.9. The van der Waals surface area contributed by atoms with Gasteiger partial charge in [-0.3, -0.25) is 0 Å². The van der Waals surface area contributed by atoms with E-state index in [1.54, 1.807) is 0 Å². The third kappa shape index (κ3) is 12.1. The van der Waals surface area contributed by atoms with Crippen LogP contribution in [0.25, 0.3) is 43.6 Å². The Balaban J connectivity index is 0.000000145. The van der Waals surface area contributed by atoms with Gasteiger partial charge in [0.2, 0.25) is 0 Å². The first-order valence-corrected chi connectivity index (χ1v) is 39.4. The number of anilines is 12. The molecular formula is C92H84BClN12. The fourth-order valence-corrected chi connectivity index (χ4v) is 19.0. The van der Waals surface area contributed by atoms with Crippen LogP contribution in [0.1, 0.15) is 174 Å². The summed E-state index contributed by atoms with van der Waals surface area (Å²) in [6, 6.07) is 83.2. The summed E-state index contributed by atoms with van der Waals surface area (Å²) in [4.78, 5) is 9.35. The Bertz CT molecular complexity index is 5190. The molecule has 6 aliphatic rings. The zero-order valence-corrected chi connectivity index (χ0v) is 60.6. The second-order valence-corrected chi connectivity index (χ2v) is 30.6. The standard InChI is InChI=1S/C46H41BN6.C46H43ClN6/c1-3-12-30(13-4-1)32-22-26-34(27-23-32)52-40-20-11-21-41-42(40)47(45-43(52)36-16-7-9-18-38(36)48-50-45)46-44(37-17-8-10-19-39(37)49-51-46)53(41)35-28-24-33(25-29-35)31-14-5-2-6-15-31;47-46-42(52(44-30-48-50-40-18-9-7-16-38(40)44)36-26-22-34(23-27-36)32-12-3-1-4-13-32)20-11-21-43(46)53(45-31-49-51-41-19-10-8-17-39(41)45)37-28-24-35(25-29-37)33-14-5-2-6-15-33/h7-11,16-31H,1-6,12-15H2;7-11,16-33H,1-6,12-15H2. The molecule has 4 aromatic heterocycles. The molecule has 4 fully saturated rings. The van der Waals surface area contributed by atoms with Crippen molar-refractivity contribution >= 4 is 147 Å². The quantitative estimate of drug-likeness (QED) is 0.108. The third-order valence-electron chi connectivity index (χ3n) is 24.0. The van der Waals surface area contributed by atoms with Crippen LogP contribution in [0.15, 0.2) is 243 Å². The molecule has 0 N–H and O–H groups in total. The molecule has 0 radical (unpaired) electrons. The number of hydrogen-bond acceptors (Lipinski definition) is 12. The van der Waals surface area contributed by atoms with Crippen molar-refractivity contribution in [1.82, 2.24) is 40.8 Å². The summed E-state index contributed by atoms with van der Waals surface area (Å²) in [5.74, 6) is 2.52. The fraction of sp³-hybridized carbons (Fsp3) is 0.261. The summed E-state index contributed by atoms with van der Waals surface area (Å²) in [6.45, 7) is -0.240. The maximum Gasteiger partial charge on any atom is 0.303 e. The van der Waals surface area contributed by atoms with E-state index in [-0.39, 0.29) is 6.71 Å². The van der Waals surface area contributed by atoms with Gasteiger partial charge in [-0.15, -0.1) is 0 Å². The van der Waals surface area contributed by atoms with Crippen molar-refractivity contribution in [3.63, 3.8) is 0 Å². The van der Waals surface area contributed by atoms with E-state index in [9.17, 15) is 0 Å². The molecule has 522 valence electrons. The normalized spacial score (nSPS) is 16.3. The number of aromatic nitrogens is 8. The lowest BCUT2D eigenvalue weighted by atomic mass is 9.36. The van der Waals surface area contributed by atoms with Gasteiger partial charge in [0.15, 0.2) is 0 Å².